The van der Waals surface area contributed by atoms with Gasteiger partial charge in [0, 0.05) is 56.4 Å². The van der Waals surface area contributed by atoms with E-state index in [2.05, 4.69) is 37.7 Å². The summed E-state index contributed by atoms with van der Waals surface area (Å²) < 4.78 is 102. The van der Waals surface area contributed by atoms with Crippen LogP contribution in [-0.2, 0) is 65.9 Å². The van der Waals surface area contributed by atoms with Gasteiger partial charge in [-0.2, -0.15) is 0 Å². The molecule has 2 unspecified atom stereocenters. The van der Waals surface area contributed by atoms with Crippen molar-refractivity contribution in [3.05, 3.63) is 0 Å². The summed E-state index contributed by atoms with van der Waals surface area (Å²) in [5, 5.41) is 0. The van der Waals surface area contributed by atoms with Crippen molar-refractivity contribution in [3.63, 3.8) is 0 Å². The van der Waals surface area contributed by atoms with Gasteiger partial charge in [0.05, 0.1) is 0 Å². The standard InChI is InChI=1S/2C7H15N.C2H8N2.2Cr.3H2O4S/c2*1-7-5-3-4-6-8(7)2;3-1-2-4;;;3*1-5(2,3)4/h2*7H,3-6H2,1-2H3;1-4H2;;;3*(H2,1,2,3,4)/q;;;2*+3;;;/p-6. The monoisotopic (exact) mass is 678 g/mol. The van der Waals surface area contributed by atoms with E-state index in [0.29, 0.717) is 13.1 Å². The third-order valence-electron chi connectivity index (χ3n) is 4.44. The van der Waals surface area contributed by atoms with Crippen LogP contribution >= 0.6 is 0 Å². The van der Waals surface area contributed by atoms with Crippen LogP contribution in [-0.4, -0.2) is 115 Å². The molecule has 21 heteroatoms. The first-order valence-corrected chi connectivity index (χ1v) is 14.3. The van der Waals surface area contributed by atoms with Gasteiger partial charge in [-0.05, 0) is 66.7 Å². The fourth-order valence-electron chi connectivity index (χ4n) is 2.48. The van der Waals surface area contributed by atoms with Gasteiger partial charge >= 0.3 is 34.7 Å². The van der Waals surface area contributed by atoms with Crippen LogP contribution in [0.3, 0.4) is 0 Å². The number of likely N-dealkylation sites (tertiary alicyclic amines) is 2. The molecule has 2 aliphatic rings. The molecule has 0 bridgehead atoms. The number of hydrogen-bond donors (Lipinski definition) is 2. The molecule has 37 heavy (non-hydrogen) atoms. The number of hydrogen-bond acceptors (Lipinski definition) is 16. The van der Waals surface area contributed by atoms with Gasteiger partial charge in [-0.15, -0.1) is 0 Å². The summed E-state index contributed by atoms with van der Waals surface area (Å²) in [6.45, 7) is 8.42. The summed E-state index contributed by atoms with van der Waals surface area (Å²) in [4.78, 5) is 4.87. The second kappa shape index (κ2) is 28.1. The Morgan fingerprint density at radius 2 is 0.784 bits per heavy atom. The first kappa shape index (κ1) is 50.4. The summed E-state index contributed by atoms with van der Waals surface area (Å²) >= 11 is 0. The fourth-order valence-corrected chi connectivity index (χ4v) is 2.48. The molecule has 0 aliphatic carbocycles. The van der Waals surface area contributed by atoms with Crippen molar-refractivity contribution in [2.75, 3.05) is 40.3 Å². The molecule has 0 spiro atoms. The third-order valence-corrected chi connectivity index (χ3v) is 4.44. The summed E-state index contributed by atoms with van der Waals surface area (Å²) in [6.07, 6.45) is 8.48. The van der Waals surface area contributed by atoms with Gasteiger partial charge in [0.15, 0.2) is 0 Å². The van der Waals surface area contributed by atoms with E-state index >= 15 is 0 Å². The zero-order chi connectivity index (χ0) is 28.9. The molecule has 0 aromatic heterocycles. The Morgan fingerprint density at radius 1 is 0.595 bits per heavy atom. The molecule has 0 aromatic rings. The molecule has 2 aliphatic heterocycles. The van der Waals surface area contributed by atoms with Crippen LogP contribution in [0.2, 0.25) is 0 Å². The first-order chi connectivity index (χ1) is 15.5. The Morgan fingerprint density at radius 3 is 0.865 bits per heavy atom. The number of piperidine rings is 2. The van der Waals surface area contributed by atoms with Gasteiger partial charge in [-0.25, -0.2) is 0 Å². The molecule has 2 saturated heterocycles. The van der Waals surface area contributed by atoms with Crippen molar-refractivity contribution in [1.29, 1.82) is 0 Å². The molecule has 2 fully saturated rings. The predicted molar refractivity (Wildman–Crippen MR) is 121 cm³/mol. The average Bonchev–Trinajstić information content (AvgIpc) is 2.63. The predicted octanol–water partition coefficient (Wildman–Crippen LogP) is -2.13. The van der Waals surface area contributed by atoms with Crippen LogP contribution in [0, 0.1) is 0 Å². The Balaban J connectivity index is -0.0000000789. The minimum atomic E-state index is -5.17. The average molecular weight is 679 g/mol. The van der Waals surface area contributed by atoms with Crippen molar-refractivity contribution < 1.29 is 87.3 Å². The topological polar surface area (TPSA) is 299 Å². The molecule has 0 amide bonds. The minimum Gasteiger partial charge on any atom is -0.759 e. The fraction of sp³-hybridized carbons (Fsp3) is 1.00. The van der Waals surface area contributed by atoms with Crippen molar-refractivity contribution in [3.8, 4) is 0 Å². The molecule has 224 valence electrons. The summed E-state index contributed by atoms with van der Waals surface area (Å²) in [5.41, 5.74) is 9.81. The summed E-state index contributed by atoms with van der Waals surface area (Å²) in [5.74, 6) is 0. The normalized spacial score (nSPS) is 19.8. The maximum absolute atomic E-state index is 8.52. The van der Waals surface area contributed by atoms with Crippen LogP contribution in [0.1, 0.15) is 52.4 Å². The molecule has 2 heterocycles. The van der Waals surface area contributed by atoms with Crippen molar-refractivity contribution in [2.45, 2.75) is 64.5 Å². The SMILES string of the molecule is CC1CCCCN1C.CC1CCCCN1C.NCCN.O=S(=O)([O-])[O-].O=S(=O)([O-])[O-].O=S(=O)([O-])[O-].[Cr+3].[Cr+3]. The van der Waals surface area contributed by atoms with Gasteiger partial charge in [0.2, 0.25) is 0 Å². The van der Waals surface area contributed by atoms with Gasteiger partial charge in [0.25, 0.3) is 0 Å². The second-order valence-electron chi connectivity index (χ2n) is 7.45. The zero-order valence-electron chi connectivity index (χ0n) is 21.2. The van der Waals surface area contributed by atoms with E-state index in [1.165, 1.54) is 51.6 Å². The summed E-state index contributed by atoms with van der Waals surface area (Å²) in [7, 11) is -11.1. The third kappa shape index (κ3) is 78.7. The van der Waals surface area contributed by atoms with E-state index in [-0.39, 0.29) is 34.7 Å². The molecule has 0 aromatic carbocycles. The van der Waals surface area contributed by atoms with E-state index < -0.39 is 31.2 Å². The second-order valence-corrected chi connectivity index (χ2v) is 9.90. The smallest absolute Gasteiger partial charge is 0.759 e. The molecular formula is C16H38Cr2N4O12S3. The quantitative estimate of drug-likeness (QED) is 0.221. The minimum absolute atomic E-state index is 0. The van der Waals surface area contributed by atoms with Crippen LogP contribution in [0.4, 0.5) is 0 Å². The van der Waals surface area contributed by atoms with Gasteiger partial charge in [0.1, 0.15) is 0 Å². The van der Waals surface area contributed by atoms with Gasteiger partial charge in [-0.3, -0.25) is 25.3 Å². The molecule has 2 radical (unpaired) electrons. The van der Waals surface area contributed by atoms with Crippen LogP contribution in [0.5, 0.6) is 0 Å². The molecule has 2 atom stereocenters. The van der Waals surface area contributed by atoms with E-state index in [9.17, 15) is 0 Å². The van der Waals surface area contributed by atoms with Crippen molar-refractivity contribution in [2.24, 2.45) is 11.5 Å². The Bertz CT molecular complexity index is 669. The Kier molecular flexibility index (Phi) is 38.2. The molecule has 16 nitrogen and oxygen atoms in total. The van der Waals surface area contributed by atoms with E-state index in [4.69, 9.17) is 64.0 Å². The van der Waals surface area contributed by atoms with E-state index in [1.807, 2.05) is 0 Å². The Hall–Kier alpha value is 0.515. The zero-order valence-corrected chi connectivity index (χ0v) is 26.2. The molecule has 0 saturated carbocycles. The van der Waals surface area contributed by atoms with Crippen molar-refractivity contribution in [1.82, 2.24) is 9.80 Å². The molecular weight excluding hydrogens is 640 g/mol. The number of nitrogens with zero attached hydrogens (tertiary/aromatic N) is 2. The van der Waals surface area contributed by atoms with E-state index in [1.54, 1.807) is 0 Å². The molecule has 4 N–H and O–H groups in total. The molecule has 2 rings (SSSR count). The van der Waals surface area contributed by atoms with Crippen LogP contribution in [0.25, 0.3) is 0 Å². The van der Waals surface area contributed by atoms with Crippen molar-refractivity contribution >= 4 is 31.2 Å². The maximum atomic E-state index is 8.52. The Labute approximate surface area is 243 Å². The summed E-state index contributed by atoms with van der Waals surface area (Å²) in [6, 6.07) is 1.67. The first-order valence-electron chi connectivity index (χ1n) is 10.3. The largest absolute Gasteiger partial charge is 3.00 e. The van der Waals surface area contributed by atoms with E-state index in [0.717, 1.165) is 12.1 Å². The van der Waals surface area contributed by atoms with Gasteiger partial charge in [-0.1, -0.05) is 12.8 Å². The van der Waals surface area contributed by atoms with Crippen LogP contribution < -0.4 is 11.5 Å². The number of nitrogens with two attached hydrogens (primary N) is 2. The number of rotatable bonds is 1. The maximum Gasteiger partial charge on any atom is 3.00 e. The van der Waals surface area contributed by atoms with Crippen LogP contribution in [0.15, 0.2) is 0 Å². The van der Waals surface area contributed by atoms with Gasteiger partial charge < -0.3 is 48.6 Å².